The highest BCUT2D eigenvalue weighted by molar-refractivity contribution is 7.54. The van der Waals surface area contributed by atoms with Gasteiger partial charge in [-0.15, -0.1) is 0 Å². The Morgan fingerprint density at radius 2 is 1.92 bits per heavy atom. The van der Waals surface area contributed by atoms with Crippen molar-refractivity contribution >= 4 is 49.1 Å². The van der Waals surface area contributed by atoms with Crippen molar-refractivity contribution in [1.82, 2.24) is 19.5 Å². The molecule has 1 saturated heterocycles. The molecule has 36 heavy (non-hydrogen) atoms. The molecule has 1 aliphatic heterocycles. The molecule has 1 aliphatic rings. The number of aldehydes is 1. The van der Waals surface area contributed by atoms with Crippen LogP contribution in [-0.2, 0) is 27.4 Å². The lowest BCUT2D eigenvalue weighted by Crippen LogP contribution is -2.35. The maximum absolute atomic E-state index is 10.8. The van der Waals surface area contributed by atoms with Gasteiger partial charge in [0.05, 0.1) is 19.5 Å². The number of hydrogen-bond donors (Lipinski definition) is 7. The number of aliphatic hydroxyl groups is 2. The maximum Gasteiger partial charge on any atom is 0.337 e. The van der Waals surface area contributed by atoms with Crippen molar-refractivity contribution in [3.63, 3.8) is 0 Å². The third kappa shape index (κ3) is 7.04. The molecule has 1 fully saturated rings. The molecular formula is C16H26N5O12P3. The molecule has 2 aromatic rings. The van der Waals surface area contributed by atoms with Crippen molar-refractivity contribution in [2.75, 3.05) is 18.9 Å². The zero-order chi connectivity index (χ0) is 26.6. The first kappa shape index (κ1) is 29.4. The van der Waals surface area contributed by atoms with E-state index in [0.29, 0.717) is 6.29 Å². The van der Waals surface area contributed by atoms with Crippen LogP contribution in [0.4, 0.5) is 5.82 Å². The van der Waals surface area contributed by atoms with Crippen molar-refractivity contribution in [2.45, 2.75) is 44.5 Å². The van der Waals surface area contributed by atoms with Crippen LogP contribution in [0.2, 0.25) is 0 Å². The highest BCUT2D eigenvalue weighted by Crippen LogP contribution is 2.51. The average Bonchev–Trinajstić information content (AvgIpc) is 3.37. The zero-order valence-corrected chi connectivity index (χ0v) is 21.6. The van der Waals surface area contributed by atoms with Gasteiger partial charge in [0.25, 0.3) is 0 Å². The summed E-state index contributed by atoms with van der Waals surface area (Å²) in [6.45, 7) is 2.31. The van der Waals surface area contributed by atoms with Crippen molar-refractivity contribution < 1.29 is 57.2 Å². The van der Waals surface area contributed by atoms with Gasteiger partial charge in [-0.2, -0.15) is 0 Å². The number of rotatable bonds is 13. The molecule has 202 valence electrons. The lowest BCUT2D eigenvalue weighted by molar-refractivity contribution is -0.121. The molecule has 7 atom stereocenters. The monoisotopic (exact) mass is 573 g/mol. The standard InChI is InChI=1S/C16H26N5O12P3/c1-16(2,9(23)3-22)5-30-36(28)33-35(27)29-4-8-12(32-34(25)26)11(24)15(31-8)21-7-20-10-13(17)18-6-19-14(10)21/h3,6-9,11-12,15,23-28H,4-5H2,1-2H3,(H2,17,18,19). The van der Waals surface area contributed by atoms with E-state index in [1.807, 2.05) is 0 Å². The SMILES string of the molecule is CC(C)(COP(O)OP(O)OCC1OC(n2cnc3c(N)ncnc32)C(O)C1OP(O)O)C(O)C=O. The van der Waals surface area contributed by atoms with Gasteiger partial charge in [0.1, 0.15) is 42.5 Å². The minimum absolute atomic E-state index is 0.100. The summed E-state index contributed by atoms with van der Waals surface area (Å²) in [5.41, 5.74) is 5.24. The second-order valence-electron chi connectivity index (χ2n) is 8.16. The fourth-order valence-electron chi connectivity index (χ4n) is 3.11. The highest BCUT2D eigenvalue weighted by Gasteiger charge is 2.48. The number of ether oxygens (including phenoxy) is 1. The third-order valence-electron chi connectivity index (χ3n) is 5.15. The van der Waals surface area contributed by atoms with Crippen molar-refractivity contribution in [3.05, 3.63) is 12.7 Å². The first-order valence-electron chi connectivity index (χ1n) is 10.1. The predicted molar refractivity (Wildman–Crippen MR) is 123 cm³/mol. The summed E-state index contributed by atoms with van der Waals surface area (Å²) in [6.07, 6.45) is -3.59. The highest BCUT2D eigenvalue weighted by atomic mass is 31.2. The number of carbonyl (C=O) groups is 1. The van der Waals surface area contributed by atoms with E-state index in [1.54, 1.807) is 0 Å². The van der Waals surface area contributed by atoms with E-state index in [0.717, 1.165) is 0 Å². The largest absolute Gasteiger partial charge is 0.386 e. The van der Waals surface area contributed by atoms with Gasteiger partial charge in [0, 0.05) is 5.41 Å². The maximum atomic E-state index is 10.8. The van der Waals surface area contributed by atoms with E-state index in [2.05, 4.69) is 15.0 Å². The Hall–Kier alpha value is -1.13. The Morgan fingerprint density at radius 3 is 2.58 bits per heavy atom. The van der Waals surface area contributed by atoms with Gasteiger partial charge in [-0.05, 0) is 0 Å². The van der Waals surface area contributed by atoms with E-state index in [-0.39, 0.29) is 23.6 Å². The number of carbonyl (C=O) groups excluding carboxylic acids is 1. The van der Waals surface area contributed by atoms with Crippen LogP contribution in [0.25, 0.3) is 11.2 Å². The van der Waals surface area contributed by atoms with Crippen LogP contribution < -0.4 is 5.73 Å². The number of aromatic nitrogens is 4. The normalized spacial score (nSPS) is 25.4. The first-order chi connectivity index (χ1) is 16.9. The van der Waals surface area contributed by atoms with Gasteiger partial charge in [0.2, 0.25) is 0 Å². The molecule has 20 heteroatoms. The van der Waals surface area contributed by atoms with Crippen LogP contribution in [0.5, 0.6) is 0 Å². The fourth-order valence-corrected chi connectivity index (χ4v) is 5.17. The number of fused-ring (bicyclic) bond motifs is 1. The summed E-state index contributed by atoms with van der Waals surface area (Å²) in [7, 11) is -8.26. The fraction of sp³-hybridized carbons (Fsp3) is 0.625. The number of nitrogen functional groups attached to an aromatic ring is 1. The van der Waals surface area contributed by atoms with Gasteiger partial charge in [-0.3, -0.25) is 4.57 Å². The molecule has 17 nitrogen and oxygen atoms in total. The smallest absolute Gasteiger partial charge is 0.337 e. The molecule has 0 bridgehead atoms. The minimum atomic E-state index is -2.90. The van der Waals surface area contributed by atoms with Gasteiger partial charge < -0.3 is 58.6 Å². The molecular weight excluding hydrogens is 547 g/mol. The van der Waals surface area contributed by atoms with Gasteiger partial charge in [-0.25, -0.2) is 19.3 Å². The first-order valence-corrected chi connectivity index (χ1v) is 13.5. The van der Waals surface area contributed by atoms with Crippen molar-refractivity contribution in [3.8, 4) is 0 Å². The predicted octanol–water partition coefficient (Wildman–Crippen LogP) is -0.662. The van der Waals surface area contributed by atoms with Gasteiger partial charge in [0.15, 0.2) is 17.7 Å². The molecule has 0 aromatic carbocycles. The number of nitrogens with two attached hydrogens (primary N) is 1. The molecule has 7 unspecified atom stereocenters. The summed E-state index contributed by atoms with van der Waals surface area (Å²) in [6, 6.07) is 0. The van der Waals surface area contributed by atoms with Crippen LogP contribution in [0.1, 0.15) is 20.1 Å². The van der Waals surface area contributed by atoms with E-state index in [1.165, 1.54) is 31.1 Å². The van der Waals surface area contributed by atoms with Crippen LogP contribution in [0, 0.1) is 5.41 Å². The molecule has 0 radical (unpaired) electrons. The van der Waals surface area contributed by atoms with Gasteiger partial charge >= 0.3 is 25.8 Å². The Bertz CT molecular complexity index is 1020. The zero-order valence-electron chi connectivity index (χ0n) is 18.9. The quantitative estimate of drug-likeness (QED) is 0.116. The minimum Gasteiger partial charge on any atom is -0.386 e. The van der Waals surface area contributed by atoms with Crippen LogP contribution in [0.15, 0.2) is 12.7 Å². The number of anilines is 1. The van der Waals surface area contributed by atoms with Crippen LogP contribution >= 0.6 is 25.8 Å². The Balaban J connectivity index is 1.61. The number of hydrogen-bond acceptors (Lipinski definition) is 16. The Morgan fingerprint density at radius 1 is 1.22 bits per heavy atom. The molecule has 2 aromatic heterocycles. The molecule has 0 aliphatic carbocycles. The van der Waals surface area contributed by atoms with E-state index in [9.17, 15) is 34.6 Å². The second kappa shape index (κ2) is 12.6. The van der Waals surface area contributed by atoms with Crippen molar-refractivity contribution in [1.29, 1.82) is 0 Å². The van der Waals surface area contributed by atoms with Gasteiger partial charge in [-0.1, -0.05) is 13.8 Å². The van der Waals surface area contributed by atoms with E-state index < -0.39 is 68.5 Å². The summed E-state index contributed by atoms with van der Waals surface area (Å²) < 4.78 is 27.2. The van der Waals surface area contributed by atoms with E-state index in [4.69, 9.17) is 28.4 Å². The average molecular weight is 573 g/mol. The van der Waals surface area contributed by atoms with Crippen LogP contribution in [-0.4, -0.2) is 93.2 Å². The third-order valence-corrected chi connectivity index (χ3v) is 7.42. The lowest BCUT2D eigenvalue weighted by Gasteiger charge is -2.27. The van der Waals surface area contributed by atoms with E-state index >= 15 is 0 Å². The molecule has 0 spiro atoms. The Kier molecular flexibility index (Phi) is 10.3. The number of nitrogens with zero attached hydrogens (tertiary/aromatic N) is 4. The summed E-state index contributed by atoms with van der Waals surface area (Å²) >= 11 is 0. The topological polar surface area (TPSA) is 254 Å². The Labute approximate surface area is 207 Å². The number of imidazole rings is 1. The summed E-state index contributed by atoms with van der Waals surface area (Å²) in [4.78, 5) is 61.3. The molecule has 3 rings (SSSR count). The molecule has 3 heterocycles. The molecule has 8 N–H and O–H groups in total. The molecule has 0 saturated carbocycles. The molecule has 0 amide bonds. The summed E-state index contributed by atoms with van der Waals surface area (Å²) in [5, 5.41) is 20.4. The van der Waals surface area contributed by atoms with Crippen molar-refractivity contribution in [2.24, 2.45) is 5.41 Å². The second-order valence-corrected chi connectivity index (χ2v) is 11.0. The summed E-state index contributed by atoms with van der Waals surface area (Å²) in [5.74, 6) is 0.100. The lowest BCUT2D eigenvalue weighted by atomic mass is 9.88. The number of aliphatic hydroxyl groups excluding tert-OH is 2. The van der Waals surface area contributed by atoms with Crippen LogP contribution in [0.3, 0.4) is 0 Å².